The molecule has 21 heavy (non-hydrogen) atoms. The Balaban J connectivity index is 1.91. The molecule has 1 fully saturated rings. The van der Waals surface area contributed by atoms with E-state index in [1.54, 1.807) is 36.0 Å². The summed E-state index contributed by atoms with van der Waals surface area (Å²) in [6.07, 6.45) is 0.484. The summed E-state index contributed by atoms with van der Waals surface area (Å²) in [4.78, 5) is 15.0. The number of nitrogens with zero attached hydrogens (tertiary/aromatic N) is 2. The molecule has 1 aromatic rings. The van der Waals surface area contributed by atoms with E-state index in [0.29, 0.717) is 13.0 Å². The number of hydrogen-bond donors (Lipinski definition) is 0. The Morgan fingerprint density at radius 1 is 1.24 bits per heavy atom. The molecule has 1 heterocycles. The predicted molar refractivity (Wildman–Crippen MR) is 78.5 cm³/mol. The first kappa shape index (κ1) is 15.8. The van der Waals surface area contributed by atoms with Gasteiger partial charge in [0, 0.05) is 20.6 Å². The van der Waals surface area contributed by atoms with E-state index < -0.39 is 10.1 Å². The maximum absolute atomic E-state index is 12.0. The van der Waals surface area contributed by atoms with E-state index in [1.165, 1.54) is 12.1 Å². The molecule has 0 bridgehead atoms. The Morgan fingerprint density at radius 2 is 1.86 bits per heavy atom. The monoisotopic (exact) mass is 312 g/mol. The van der Waals surface area contributed by atoms with E-state index in [9.17, 15) is 13.2 Å². The molecule has 116 valence electrons. The van der Waals surface area contributed by atoms with Crippen LogP contribution in [-0.4, -0.2) is 57.5 Å². The fourth-order valence-electron chi connectivity index (χ4n) is 2.29. The molecule has 0 saturated carbocycles. The minimum Gasteiger partial charge on any atom is -0.326 e. The molecule has 0 N–H and O–H groups in total. The second-order valence-electron chi connectivity index (χ2n) is 5.31. The summed E-state index contributed by atoms with van der Waals surface area (Å²) in [5, 5.41) is 0. The number of urea groups is 1. The van der Waals surface area contributed by atoms with Gasteiger partial charge in [-0.15, -0.1) is 0 Å². The van der Waals surface area contributed by atoms with E-state index >= 15 is 0 Å². The van der Waals surface area contributed by atoms with Crippen molar-refractivity contribution in [2.45, 2.75) is 24.3 Å². The highest BCUT2D eigenvalue weighted by molar-refractivity contribution is 7.86. The summed E-state index contributed by atoms with van der Waals surface area (Å²) >= 11 is 0. The lowest BCUT2D eigenvalue weighted by molar-refractivity contribution is 0.197. The minimum absolute atomic E-state index is 0.0179. The summed E-state index contributed by atoms with van der Waals surface area (Å²) in [5.74, 6) is 0. The number of amides is 2. The first-order chi connectivity index (χ1) is 9.81. The molecule has 1 saturated heterocycles. The molecule has 2 amide bonds. The largest absolute Gasteiger partial charge is 0.326 e. The Labute approximate surface area is 125 Å². The molecule has 6 nitrogen and oxygen atoms in total. The molecule has 1 aliphatic rings. The molecule has 0 aliphatic carbocycles. The van der Waals surface area contributed by atoms with Crippen LogP contribution in [0.1, 0.15) is 12.0 Å². The van der Waals surface area contributed by atoms with Crippen LogP contribution >= 0.6 is 0 Å². The Morgan fingerprint density at radius 3 is 2.38 bits per heavy atom. The van der Waals surface area contributed by atoms with Crippen LogP contribution in [0.5, 0.6) is 0 Å². The highest BCUT2D eigenvalue weighted by atomic mass is 32.2. The second-order valence-corrected chi connectivity index (χ2v) is 6.92. The van der Waals surface area contributed by atoms with E-state index in [1.807, 2.05) is 6.92 Å². The molecule has 1 aliphatic heterocycles. The van der Waals surface area contributed by atoms with Crippen LogP contribution in [0.25, 0.3) is 0 Å². The zero-order valence-electron chi connectivity index (χ0n) is 12.4. The van der Waals surface area contributed by atoms with E-state index in [4.69, 9.17) is 4.18 Å². The topological polar surface area (TPSA) is 66.9 Å². The van der Waals surface area contributed by atoms with Gasteiger partial charge >= 0.3 is 6.03 Å². The van der Waals surface area contributed by atoms with Gasteiger partial charge in [0.05, 0.1) is 17.5 Å². The minimum atomic E-state index is -3.73. The number of carbonyl (C=O) groups is 1. The molecule has 1 aromatic carbocycles. The fraction of sp³-hybridized carbons (Fsp3) is 0.500. The van der Waals surface area contributed by atoms with Gasteiger partial charge in [0.2, 0.25) is 0 Å². The van der Waals surface area contributed by atoms with Crippen LogP contribution in [0.15, 0.2) is 29.2 Å². The number of carbonyl (C=O) groups excluding carboxylic acids is 1. The maximum atomic E-state index is 12.0. The van der Waals surface area contributed by atoms with Crippen LogP contribution < -0.4 is 0 Å². The fourth-order valence-corrected chi connectivity index (χ4v) is 3.22. The van der Waals surface area contributed by atoms with Gasteiger partial charge < -0.3 is 9.80 Å². The lowest BCUT2D eigenvalue weighted by Crippen LogP contribution is -2.31. The van der Waals surface area contributed by atoms with Crippen molar-refractivity contribution in [3.05, 3.63) is 29.8 Å². The first-order valence-electron chi connectivity index (χ1n) is 6.75. The Bertz CT molecular complexity index is 612. The third-order valence-electron chi connectivity index (χ3n) is 3.66. The van der Waals surface area contributed by atoms with Crippen LogP contribution in [0.4, 0.5) is 4.79 Å². The third kappa shape index (κ3) is 3.54. The summed E-state index contributed by atoms with van der Waals surface area (Å²) in [6, 6.07) is 6.45. The lowest BCUT2D eigenvalue weighted by Gasteiger charge is -2.17. The van der Waals surface area contributed by atoms with Crippen molar-refractivity contribution in [3.8, 4) is 0 Å². The van der Waals surface area contributed by atoms with Crippen LogP contribution in [0, 0.1) is 6.92 Å². The van der Waals surface area contributed by atoms with Crippen LogP contribution in [-0.2, 0) is 14.3 Å². The van der Waals surface area contributed by atoms with Gasteiger partial charge in [-0.25, -0.2) is 4.79 Å². The maximum Gasteiger partial charge on any atom is 0.319 e. The van der Waals surface area contributed by atoms with Gasteiger partial charge in [-0.2, -0.15) is 8.42 Å². The first-order valence-corrected chi connectivity index (χ1v) is 8.16. The van der Waals surface area contributed by atoms with Gasteiger partial charge in [-0.05, 0) is 25.5 Å². The highest BCUT2D eigenvalue weighted by Crippen LogP contribution is 2.17. The van der Waals surface area contributed by atoms with Crippen molar-refractivity contribution in [3.63, 3.8) is 0 Å². The number of likely N-dealkylation sites (N-methyl/N-ethyl adjacent to an activating group) is 2. The van der Waals surface area contributed by atoms with E-state index in [0.717, 1.165) is 5.56 Å². The standard InChI is InChI=1S/C14H20N2O4S/c1-11-4-6-13(7-5-11)21(18,19)20-9-8-12-10-15(2)14(17)16(12)3/h4-7,12H,8-10H2,1-3H3. The summed E-state index contributed by atoms with van der Waals surface area (Å²) in [6.45, 7) is 2.54. The molecule has 7 heteroatoms. The van der Waals surface area contributed by atoms with Gasteiger partial charge in [0.25, 0.3) is 10.1 Å². The van der Waals surface area contributed by atoms with Crippen molar-refractivity contribution < 1.29 is 17.4 Å². The molecule has 0 spiro atoms. The SMILES string of the molecule is Cc1ccc(S(=O)(=O)OCCC2CN(C)C(=O)N2C)cc1. The number of rotatable bonds is 5. The number of benzene rings is 1. The van der Waals surface area contributed by atoms with E-state index in [2.05, 4.69) is 0 Å². The van der Waals surface area contributed by atoms with Gasteiger partial charge in [-0.1, -0.05) is 17.7 Å². The van der Waals surface area contributed by atoms with Crippen LogP contribution in [0.3, 0.4) is 0 Å². The highest BCUT2D eigenvalue weighted by Gasteiger charge is 2.32. The van der Waals surface area contributed by atoms with Gasteiger partial charge in [0.1, 0.15) is 0 Å². The summed E-state index contributed by atoms with van der Waals surface area (Å²) in [7, 11) is -0.292. The molecule has 0 aromatic heterocycles. The summed E-state index contributed by atoms with van der Waals surface area (Å²) < 4.78 is 29.1. The summed E-state index contributed by atoms with van der Waals surface area (Å²) in [5.41, 5.74) is 0.989. The molecule has 2 rings (SSSR count). The number of hydrogen-bond acceptors (Lipinski definition) is 4. The number of aryl methyl sites for hydroxylation is 1. The normalized spacial score (nSPS) is 19.4. The van der Waals surface area contributed by atoms with Crippen molar-refractivity contribution in [2.75, 3.05) is 27.2 Å². The van der Waals surface area contributed by atoms with Gasteiger partial charge in [0.15, 0.2) is 0 Å². The van der Waals surface area contributed by atoms with E-state index in [-0.39, 0.29) is 23.6 Å². The second kappa shape index (κ2) is 6.03. The van der Waals surface area contributed by atoms with Crippen molar-refractivity contribution in [1.82, 2.24) is 9.80 Å². The molecule has 1 unspecified atom stereocenters. The Kier molecular flexibility index (Phi) is 4.53. The quantitative estimate of drug-likeness (QED) is 0.772. The molecule has 0 radical (unpaired) electrons. The van der Waals surface area contributed by atoms with Crippen molar-refractivity contribution in [1.29, 1.82) is 0 Å². The zero-order valence-corrected chi connectivity index (χ0v) is 13.3. The lowest BCUT2D eigenvalue weighted by atomic mass is 10.2. The van der Waals surface area contributed by atoms with Crippen LogP contribution in [0.2, 0.25) is 0 Å². The molecule has 1 atom stereocenters. The molecular formula is C14H20N2O4S. The molecular weight excluding hydrogens is 292 g/mol. The van der Waals surface area contributed by atoms with Crippen molar-refractivity contribution in [2.24, 2.45) is 0 Å². The average Bonchev–Trinajstić information content (AvgIpc) is 2.67. The van der Waals surface area contributed by atoms with Crippen molar-refractivity contribution >= 4 is 16.1 Å². The third-order valence-corrected chi connectivity index (χ3v) is 4.99. The Hall–Kier alpha value is -1.60. The average molecular weight is 312 g/mol. The smallest absolute Gasteiger partial charge is 0.319 e. The van der Waals surface area contributed by atoms with Gasteiger partial charge in [-0.3, -0.25) is 4.18 Å². The zero-order chi connectivity index (χ0) is 15.6. The predicted octanol–water partition coefficient (Wildman–Crippen LogP) is 1.46.